The molecule has 4 rings (SSSR count). The van der Waals surface area contributed by atoms with Crippen LogP contribution in [0, 0.1) is 20.8 Å². The molecule has 3 aromatic rings. The standard InChI is InChI=1S/C21H25N7/c1-15-13-16(2)24-21(23-15)25-22-14-19-17(3)26-28(18-9-5-4-6-10-18)20(19)27-11-7-8-12-27/h4-6,9-10,13-14H,7-8,11-12H2,1-3H3,(H,23,24,25)/b22-14-. The van der Waals surface area contributed by atoms with Crippen LogP contribution in [0.15, 0.2) is 41.5 Å². The quantitative estimate of drug-likeness (QED) is 0.545. The van der Waals surface area contributed by atoms with E-state index in [4.69, 9.17) is 5.10 Å². The summed E-state index contributed by atoms with van der Waals surface area (Å²) in [6.45, 7) is 7.98. The second-order valence-corrected chi connectivity index (χ2v) is 7.11. The molecule has 1 aromatic carbocycles. The molecule has 28 heavy (non-hydrogen) atoms. The summed E-state index contributed by atoms with van der Waals surface area (Å²) in [6.07, 6.45) is 4.23. The van der Waals surface area contributed by atoms with E-state index in [0.29, 0.717) is 5.95 Å². The van der Waals surface area contributed by atoms with Crippen LogP contribution in [0.4, 0.5) is 11.8 Å². The molecule has 0 bridgehead atoms. The monoisotopic (exact) mass is 375 g/mol. The highest BCUT2D eigenvalue weighted by molar-refractivity contribution is 5.89. The third-order valence-corrected chi connectivity index (χ3v) is 4.83. The number of aryl methyl sites for hydroxylation is 3. The zero-order valence-electron chi connectivity index (χ0n) is 16.6. The van der Waals surface area contributed by atoms with Gasteiger partial charge in [-0.3, -0.25) is 0 Å². The zero-order valence-corrected chi connectivity index (χ0v) is 16.6. The maximum Gasteiger partial charge on any atom is 0.243 e. The Morgan fingerprint density at radius 1 is 1.00 bits per heavy atom. The fourth-order valence-electron chi connectivity index (χ4n) is 3.59. The van der Waals surface area contributed by atoms with Crippen LogP contribution in [0.2, 0.25) is 0 Å². The molecule has 0 spiro atoms. The van der Waals surface area contributed by atoms with Gasteiger partial charge in [-0.1, -0.05) is 18.2 Å². The summed E-state index contributed by atoms with van der Waals surface area (Å²) in [5.41, 5.74) is 7.80. The SMILES string of the molecule is Cc1cc(C)nc(N/N=C\c2c(C)nn(-c3ccccc3)c2N2CCCC2)n1. The van der Waals surface area contributed by atoms with Crippen molar-refractivity contribution in [1.29, 1.82) is 0 Å². The summed E-state index contributed by atoms with van der Waals surface area (Å²) in [5, 5.41) is 9.22. The molecular weight excluding hydrogens is 350 g/mol. The van der Waals surface area contributed by atoms with Crippen molar-refractivity contribution < 1.29 is 0 Å². The van der Waals surface area contributed by atoms with Crippen molar-refractivity contribution in [2.75, 3.05) is 23.4 Å². The fourth-order valence-corrected chi connectivity index (χ4v) is 3.59. The Balaban J connectivity index is 1.68. The summed E-state index contributed by atoms with van der Waals surface area (Å²) in [7, 11) is 0. The molecule has 0 saturated carbocycles. The largest absolute Gasteiger partial charge is 0.356 e. The number of anilines is 2. The van der Waals surface area contributed by atoms with E-state index < -0.39 is 0 Å². The number of nitrogens with one attached hydrogen (secondary N) is 1. The maximum atomic E-state index is 4.80. The molecule has 144 valence electrons. The molecule has 1 fully saturated rings. The van der Waals surface area contributed by atoms with Crippen LogP contribution in [-0.4, -0.2) is 39.1 Å². The Kier molecular flexibility index (Phi) is 5.06. The molecule has 1 saturated heterocycles. The van der Waals surface area contributed by atoms with Gasteiger partial charge in [0.05, 0.1) is 23.2 Å². The third-order valence-electron chi connectivity index (χ3n) is 4.83. The maximum absolute atomic E-state index is 4.80. The van der Waals surface area contributed by atoms with Gasteiger partial charge in [0.2, 0.25) is 5.95 Å². The summed E-state index contributed by atoms with van der Waals surface area (Å²) < 4.78 is 2.02. The van der Waals surface area contributed by atoms with Crippen LogP contribution < -0.4 is 10.3 Å². The molecule has 1 aliphatic heterocycles. The van der Waals surface area contributed by atoms with Crippen molar-refractivity contribution >= 4 is 18.0 Å². The van der Waals surface area contributed by atoms with Gasteiger partial charge in [-0.15, -0.1) is 0 Å². The molecule has 7 nitrogen and oxygen atoms in total. The van der Waals surface area contributed by atoms with E-state index in [2.05, 4.69) is 37.5 Å². The van der Waals surface area contributed by atoms with Crippen LogP contribution >= 0.6 is 0 Å². The minimum Gasteiger partial charge on any atom is -0.356 e. The third kappa shape index (κ3) is 3.74. The van der Waals surface area contributed by atoms with Gasteiger partial charge < -0.3 is 4.90 Å². The lowest BCUT2D eigenvalue weighted by molar-refractivity contribution is 0.815. The van der Waals surface area contributed by atoms with E-state index in [1.807, 2.05) is 55.9 Å². The van der Waals surface area contributed by atoms with E-state index in [1.165, 1.54) is 12.8 Å². The van der Waals surface area contributed by atoms with Crippen LogP contribution in [0.5, 0.6) is 0 Å². The second kappa shape index (κ2) is 7.80. The highest BCUT2D eigenvalue weighted by atomic mass is 15.4. The van der Waals surface area contributed by atoms with Crippen molar-refractivity contribution in [2.45, 2.75) is 33.6 Å². The van der Waals surface area contributed by atoms with Crippen molar-refractivity contribution in [3.8, 4) is 5.69 Å². The van der Waals surface area contributed by atoms with E-state index in [0.717, 1.165) is 47.2 Å². The number of hydrogen-bond donors (Lipinski definition) is 1. The molecule has 1 aliphatic rings. The summed E-state index contributed by atoms with van der Waals surface area (Å²) in [6, 6.07) is 12.2. The molecule has 1 N–H and O–H groups in total. The van der Waals surface area contributed by atoms with Crippen LogP contribution in [-0.2, 0) is 0 Å². The van der Waals surface area contributed by atoms with Crippen molar-refractivity contribution in [2.24, 2.45) is 5.10 Å². The number of hydrogen-bond acceptors (Lipinski definition) is 6. The van der Waals surface area contributed by atoms with Gasteiger partial charge in [0, 0.05) is 24.5 Å². The Hall–Kier alpha value is -3.22. The van der Waals surface area contributed by atoms with Gasteiger partial charge in [0.15, 0.2) is 0 Å². The van der Waals surface area contributed by atoms with Gasteiger partial charge >= 0.3 is 0 Å². The second-order valence-electron chi connectivity index (χ2n) is 7.11. The fraction of sp³-hybridized carbons (Fsp3) is 0.333. The first-order valence-corrected chi connectivity index (χ1v) is 9.63. The summed E-state index contributed by atoms with van der Waals surface area (Å²) >= 11 is 0. The van der Waals surface area contributed by atoms with E-state index in [-0.39, 0.29) is 0 Å². The molecule has 0 amide bonds. The topological polar surface area (TPSA) is 71.2 Å². The highest BCUT2D eigenvalue weighted by Gasteiger charge is 2.23. The number of rotatable bonds is 5. The molecule has 0 unspecified atom stereocenters. The van der Waals surface area contributed by atoms with Crippen molar-refractivity contribution in [1.82, 2.24) is 19.7 Å². The highest BCUT2D eigenvalue weighted by Crippen LogP contribution is 2.29. The molecule has 0 aliphatic carbocycles. The molecule has 2 aromatic heterocycles. The van der Waals surface area contributed by atoms with Gasteiger partial charge in [-0.05, 0) is 51.8 Å². The average molecular weight is 375 g/mol. The number of hydrazone groups is 1. The predicted octanol–water partition coefficient (Wildman–Crippen LogP) is 3.63. The van der Waals surface area contributed by atoms with Gasteiger partial charge in [0.25, 0.3) is 0 Å². The van der Waals surface area contributed by atoms with Gasteiger partial charge in [-0.25, -0.2) is 20.1 Å². The average Bonchev–Trinajstić information content (AvgIpc) is 3.30. The minimum absolute atomic E-state index is 0.504. The Morgan fingerprint density at radius 3 is 2.36 bits per heavy atom. The number of para-hydroxylation sites is 1. The minimum atomic E-state index is 0.504. The van der Waals surface area contributed by atoms with Crippen LogP contribution in [0.1, 0.15) is 35.5 Å². The molecule has 3 heterocycles. The summed E-state index contributed by atoms with van der Waals surface area (Å²) in [4.78, 5) is 11.1. The Morgan fingerprint density at radius 2 is 1.68 bits per heavy atom. The number of benzene rings is 1. The zero-order chi connectivity index (χ0) is 19.5. The van der Waals surface area contributed by atoms with Gasteiger partial charge in [0.1, 0.15) is 5.82 Å². The molecule has 7 heteroatoms. The first-order valence-electron chi connectivity index (χ1n) is 9.63. The molecule has 0 radical (unpaired) electrons. The Bertz CT molecular complexity index is 965. The lowest BCUT2D eigenvalue weighted by Crippen LogP contribution is -2.22. The predicted molar refractivity (Wildman–Crippen MR) is 112 cm³/mol. The van der Waals surface area contributed by atoms with Crippen LogP contribution in [0.3, 0.4) is 0 Å². The van der Waals surface area contributed by atoms with E-state index in [9.17, 15) is 0 Å². The number of aromatic nitrogens is 4. The van der Waals surface area contributed by atoms with Crippen molar-refractivity contribution in [3.05, 3.63) is 59.0 Å². The Labute approximate surface area is 165 Å². The first-order chi connectivity index (χ1) is 13.6. The summed E-state index contributed by atoms with van der Waals surface area (Å²) in [5.74, 6) is 1.60. The lowest BCUT2D eigenvalue weighted by atomic mass is 10.2. The van der Waals surface area contributed by atoms with Crippen molar-refractivity contribution in [3.63, 3.8) is 0 Å². The van der Waals surface area contributed by atoms with E-state index >= 15 is 0 Å². The van der Waals surface area contributed by atoms with E-state index in [1.54, 1.807) is 0 Å². The first kappa shape index (κ1) is 18.2. The normalized spacial score (nSPS) is 14.2. The lowest BCUT2D eigenvalue weighted by Gasteiger charge is -2.20. The molecular formula is C21H25N7. The number of nitrogens with zero attached hydrogens (tertiary/aromatic N) is 6. The smallest absolute Gasteiger partial charge is 0.243 e. The van der Waals surface area contributed by atoms with Gasteiger partial charge in [-0.2, -0.15) is 10.2 Å². The molecule has 0 atom stereocenters. The van der Waals surface area contributed by atoms with Crippen LogP contribution in [0.25, 0.3) is 5.69 Å².